The third-order valence-corrected chi connectivity index (χ3v) is 1.70. The van der Waals surface area contributed by atoms with E-state index in [2.05, 4.69) is 10.3 Å². The molecule has 0 saturated carbocycles. The second kappa shape index (κ2) is 5.09. The molecule has 94 valence electrons. The molecule has 2 N–H and O–H groups in total. The molecule has 0 radical (unpaired) electrons. The summed E-state index contributed by atoms with van der Waals surface area (Å²) in [7, 11) is 0. The lowest BCUT2D eigenvalue weighted by Crippen LogP contribution is -2.27. The second-order valence-corrected chi connectivity index (χ2v) is 4.41. The molecule has 1 rings (SSSR count). The van der Waals surface area contributed by atoms with Crippen molar-refractivity contribution >= 4 is 11.9 Å². The van der Waals surface area contributed by atoms with E-state index in [1.54, 1.807) is 20.8 Å². The molecule has 0 atom stereocenters. The number of hydrogen-bond donors (Lipinski definition) is 2. The topological polar surface area (TPSA) is 71.5 Å². The largest absolute Gasteiger partial charge is 0.444 e. The van der Waals surface area contributed by atoms with Gasteiger partial charge in [-0.3, -0.25) is 5.32 Å². The summed E-state index contributed by atoms with van der Waals surface area (Å²) in [6.45, 7) is 4.65. The van der Waals surface area contributed by atoms with Gasteiger partial charge in [-0.15, -0.1) is 0 Å². The monoisotopic (exact) mass is 242 g/mol. The third-order valence-electron chi connectivity index (χ3n) is 1.70. The number of nitrogens with zero attached hydrogens (tertiary/aromatic N) is 1. The zero-order valence-corrected chi connectivity index (χ0v) is 9.95. The highest BCUT2D eigenvalue weighted by Crippen LogP contribution is 2.12. The number of aliphatic hydroxyl groups is 1. The fourth-order valence-electron chi connectivity index (χ4n) is 1.07. The fraction of sp³-hybridized carbons (Fsp3) is 0.455. The van der Waals surface area contributed by atoms with Crippen molar-refractivity contribution in [1.29, 1.82) is 0 Å². The van der Waals surface area contributed by atoms with Gasteiger partial charge in [-0.1, -0.05) is 0 Å². The summed E-state index contributed by atoms with van der Waals surface area (Å²) < 4.78 is 18.0. The van der Waals surface area contributed by atoms with Gasteiger partial charge < -0.3 is 9.84 Å². The Morgan fingerprint density at radius 3 is 2.71 bits per heavy atom. The SMILES string of the molecule is CC(C)(C)OC(=O)Nc1ccc(F)c(CO)n1. The smallest absolute Gasteiger partial charge is 0.413 e. The minimum Gasteiger partial charge on any atom is -0.444 e. The van der Waals surface area contributed by atoms with Gasteiger partial charge in [-0.2, -0.15) is 0 Å². The van der Waals surface area contributed by atoms with Gasteiger partial charge in [-0.25, -0.2) is 14.2 Å². The van der Waals surface area contributed by atoms with E-state index in [4.69, 9.17) is 9.84 Å². The molecule has 0 saturated heterocycles. The summed E-state index contributed by atoms with van der Waals surface area (Å²) in [6, 6.07) is 2.41. The van der Waals surface area contributed by atoms with Gasteiger partial charge in [-0.05, 0) is 32.9 Å². The van der Waals surface area contributed by atoms with Gasteiger partial charge in [0, 0.05) is 0 Å². The van der Waals surface area contributed by atoms with Crippen LogP contribution in [-0.2, 0) is 11.3 Å². The lowest BCUT2D eigenvalue weighted by molar-refractivity contribution is 0.0635. The van der Waals surface area contributed by atoms with E-state index in [0.717, 1.165) is 6.07 Å². The molecule has 0 aromatic carbocycles. The van der Waals surface area contributed by atoms with E-state index in [9.17, 15) is 9.18 Å². The quantitative estimate of drug-likeness (QED) is 0.832. The molecule has 0 unspecified atom stereocenters. The predicted molar refractivity (Wildman–Crippen MR) is 60.0 cm³/mol. The Morgan fingerprint density at radius 1 is 1.53 bits per heavy atom. The van der Waals surface area contributed by atoms with Gasteiger partial charge in [0.1, 0.15) is 22.9 Å². The molecule has 1 heterocycles. The number of ether oxygens (including phenoxy) is 1. The van der Waals surface area contributed by atoms with Crippen molar-refractivity contribution in [2.75, 3.05) is 5.32 Å². The number of carbonyl (C=O) groups excluding carboxylic acids is 1. The van der Waals surface area contributed by atoms with Crippen LogP contribution >= 0.6 is 0 Å². The Hall–Kier alpha value is -1.69. The number of amides is 1. The maximum absolute atomic E-state index is 13.0. The van der Waals surface area contributed by atoms with Crippen molar-refractivity contribution in [2.45, 2.75) is 33.0 Å². The molecule has 0 aliphatic carbocycles. The average Bonchev–Trinajstić information content (AvgIpc) is 2.18. The van der Waals surface area contributed by atoms with Crippen LogP contribution < -0.4 is 5.32 Å². The molecule has 1 aromatic rings. The van der Waals surface area contributed by atoms with E-state index in [0.29, 0.717) is 0 Å². The van der Waals surface area contributed by atoms with Crippen molar-refractivity contribution in [3.63, 3.8) is 0 Å². The summed E-state index contributed by atoms with van der Waals surface area (Å²) in [6.07, 6.45) is -0.680. The number of nitrogens with one attached hydrogen (secondary N) is 1. The van der Waals surface area contributed by atoms with Crippen molar-refractivity contribution in [3.8, 4) is 0 Å². The maximum Gasteiger partial charge on any atom is 0.413 e. The molecule has 17 heavy (non-hydrogen) atoms. The minimum absolute atomic E-state index is 0.126. The molecule has 0 fully saturated rings. The summed E-state index contributed by atoms with van der Waals surface area (Å²) in [5, 5.41) is 11.2. The van der Waals surface area contributed by atoms with Crippen LogP contribution in [0, 0.1) is 5.82 Å². The first kappa shape index (κ1) is 13.4. The number of hydrogen-bond acceptors (Lipinski definition) is 4. The molecule has 0 bridgehead atoms. The summed E-state index contributed by atoms with van der Waals surface area (Å²) in [4.78, 5) is 15.1. The van der Waals surface area contributed by atoms with E-state index >= 15 is 0 Å². The highest BCUT2D eigenvalue weighted by molar-refractivity contribution is 5.83. The molecule has 1 aromatic heterocycles. The summed E-state index contributed by atoms with van der Waals surface area (Å²) in [5.41, 5.74) is -0.747. The first-order chi connectivity index (χ1) is 7.81. The van der Waals surface area contributed by atoms with Gasteiger partial charge in [0.25, 0.3) is 0 Å². The minimum atomic E-state index is -0.680. The van der Waals surface area contributed by atoms with Crippen LogP contribution in [0.4, 0.5) is 15.0 Å². The Kier molecular flexibility index (Phi) is 4.01. The summed E-state index contributed by atoms with van der Waals surface area (Å²) in [5.74, 6) is -0.494. The second-order valence-electron chi connectivity index (χ2n) is 4.41. The highest BCUT2D eigenvalue weighted by Gasteiger charge is 2.16. The number of rotatable bonds is 2. The van der Waals surface area contributed by atoms with Crippen LogP contribution in [0.2, 0.25) is 0 Å². The van der Waals surface area contributed by atoms with E-state index in [1.165, 1.54) is 6.07 Å². The lowest BCUT2D eigenvalue weighted by Gasteiger charge is -2.19. The van der Waals surface area contributed by atoms with Crippen LogP contribution in [0.25, 0.3) is 0 Å². The first-order valence-corrected chi connectivity index (χ1v) is 5.08. The maximum atomic E-state index is 13.0. The normalized spacial score (nSPS) is 11.1. The van der Waals surface area contributed by atoms with Gasteiger partial charge >= 0.3 is 6.09 Å². The molecular weight excluding hydrogens is 227 g/mol. The third kappa shape index (κ3) is 4.36. The molecule has 5 nitrogen and oxygen atoms in total. The lowest BCUT2D eigenvalue weighted by atomic mass is 10.2. The number of anilines is 1. The van der Waals surface area contributed by atoms with Gasteiger partial charge in [0.15, 0.2) is 0 Å². The predicted octanol–water partition coefficient (Wildman–Crippen LogP) is 2.06. The van der Waals surface area contributed by atoms with Crippen LogP contribution in [0.1, 0.15) is 26.5 Å². The number of carbonyl (C=O) groups is 1. The average molecular weight is 242 g/mol. The Labute approximate surface area is 98.6 Å². The van der Waals surface area contributed by atoms with Crippen molar-refractivity contribution in [2.24, 2.45) is 0 Å². The van der Waals surface area contributed by atoms with Crippen LogP contribution in [0.3, 0.4) is 0 Å². The van der Waals surface area contributed by atoms with E-state index in [1.807, 2.05) is 0 Å². The molecule has 1 amide bonds. The van der Waals surface area contributed by atoms with Gasteiger partial charge in [0.05, 0.1) is 6.61 Å². The summed E-state index contributed by atoms with van der Waals surface area (Å²) >= 11 is 0. The van der Waals surface area contributed by atoms with Crippen molar-refractivity contribution in [1.82, 2.24) is 4.98 Å². The Balaban J connectivity index is 2.72. The number of halogens is 1. The standard InChI is InChI=1S/C11H15FN2O3/c1-11(2,3)17-10(16)14-9-5-4-7(12)8(6-15)13-9/h4-5,15H,6H2,1-3H3,(H,13,14,16). The van der Waals surface area contributed by atoms with Crippen LogP contribution in [0.5, 0.6) is 0 Å². The number of aromatic nitrogens is 1. The number of aliphatic hydroxyl groups excluding tert-OH is 1. The molecular formula is C11H15FN2O3. The Morgan fingerprint density at radius 2 is 2.18 bits per heavy atom. The molecule has 0 aliphatic heterocycles. The molecule has 0 aliphatic rings. The first-order valence-electron chi connectivity index (χ1n) is 5.08. The van der Waals surface area contributed by atoms with Crippen molar-refractivity contribution in [3.05, 3.63) is 23.6 Å². The zero-order chi connectivity index (χ0) is 13.1. The Bertz CT molecular complexity index is 416. The fourth-order valence-corrected chi connectivity index (χ4v) is 1.07. The van der Waals surface area contributed by atoms with E-state index in [-0.39, 0.29) is 11.5 Å². The van der Waals surface area contributed by atoms with Crippen molar-refractivity contribution < 1.29 is 19.0 Å². The molecule has 6 heteroatoms. The number of pyridine rings is 1. The highest BCUT2D eigenvalue weighted by atomic mass is 19.1. The van der Waals surface area contributed by atoms with Gasteiger partial charge in [0.2, 0.25) is 0 Å². The zero-order valence-electron chi connectivity index (χ0n) is 9.95. The van der Waals surface area contributed by atoms with Crippen LogP contribution in [-0.4, -0.2) is 21.8 Å². The van der Waals surface area contributed by atoms with E-state index < -0.39 is 24.1 Å². The molecule has 0 spiro atoms. The van der Waals surface area contributed by atoms with Crippen LogP contribution in [0.15, 0.2) is 12.1 Å².